The van der Waals surface area contributed by atoms with Gasteiger partial charge in [0.1, 0.15) is 18.2 Å². The zero-order chi connectivity index (χ0) is 18.4. The molecule has 3 rings (SSSR count). The van der Waals surface area contributed by atoms with Crippen LogP contribution in [-0.4, -0.2) is 17.8 Å². The summed E-state index contributed by atoms with van der Waals surface area (Å²) in [6, 6.07) is 18.7. The average Bonchev–Trinajstić information content (AvgIpc) is 2.68. The van der Waals surface area contributed by atoms with Crippen LogP contribution in [0.5, 0.6) is 5.75 Å². The van der Waals surface area contributed by atoms with E-state index >= 15 is 0 Å². The van der Waals surface area contributed by atoms with Crippen LogP contribution in [-0.2, 0) is 13.2 Å². The first kappa shape index (κ1) is 18.4. The predicted octanol–water partition coefficient (Wildman–Crippen LogP) is 4.42. The highest BCUT2D eigenvalue weighted by atomic mass is 19.1. The number of benzene rings is 3. The second-order valence-corrected chi connectivity index (χ2v) is 6.31. The van der Waals surface area contributed by atoms with Crippen molar-refractivity contribution >= 4 is 10.8 Å². The second kappa shape index (κ2) is 8.79. The van der Waals surface area contributed by atoms with Gasteiger partial charge in [0.2, 0.25) is 0 Å². The molecule has 0 heterocycles. The third-order valence-electron chi connectivity index (χ3n) is 4.62. The number of hydrogen-bond acceptors (Lipinski definition) is 3. The molecule has 26 heavy (non-hydrogen) atoms. The van der Waals surface area contributed by atoms with Gasteiger partial charge in [-0.25, -0.2) is 4.39 Å². The summed E-state index contributed by atoms with van der Waals surface area (Å²) in [6.07, 6.45) is 0.840. The average molecular weight is 353 g/mol. The summed E-state index contributed by atoms with van der Waals surface area (Å²) in [5, 5.41) is 15.0. The maximum absolute atomic E-state index is 13.9. The number of ether oxygens (including phenoxy) is 1. The van der Waals surface area contributed by atoms with Crippen LogP contribution >= 0.6 is 0 Å². The molecule has 0 radical (unpaired) electrons. The molecule has 0 bridgehead atoms. The minimum atomic E-state index is -0.265. The normalized spacial score (nSPS) is 12.3. The highest BCUT2D eigenvalue weighted by Crippen LogP contribution is 2.29. The number of rotatable bonds is 8. The van der Waals surface area contributed by atoms with E-state index in [2.05, 4.69) is 17.4 Å². The quantitative estimate of drug-likeness (QED) is 0.630. The predicted molar refractivity (Wildman–Crippen MR) is 103 cm³/mol. The fourth-order valence-corrected chi connectivity index (χ4v) is 2.99. The largest absolute Gasteiger partial charge is 0.488 e. The van der Waals surface area contributed by atoms with Crippen LogP contribution in [0.2, 0.25) is 0 Å². The molecule has 1 atom stereocenters. The van der Waals surface area contributed by atoms with Gasteiger partial charge in [0, 0.05) is 23.7 Å². The number of aliphatic hydroxyl groups is 1. The summed E-state index contributed by atoms with van der Waals surface area (Å²) in [5.41, 5.74) is 1.55. The minimum Gasteiger partial charge on any atom is -0.488 e. The Morgan fingerprint density at radius 2 is 1.81 bits per heavy atom. The van der Waals surface area contributed by atoms with Crippen LogP contribution in [0, 0.1) is 5.82 Å². The van der Waals surface area contributed by atoms with Gasteiger partial charge in [-0.2, -0.15) is 0 Å². The molecule has 3 nitrogen and oxygen atoms in total. The Hall–Kier alpha value is -2.43. The molecule has 0 aliphatic rings. The first-order valence-electron chi connectivity index (χ1n) is 8.94. The smallest absolute Gasteiger partial charge is 0.129 e. The lowest BCUT2D eigenvalue weighted by molar-refractivity contribution is 0.237. The number of hydrogen-bond donors (Lipinski definition) is 2. The standard InChI is InChI=1S/C22H24FNO2/c1-2-18(14-25)24-13-20-19-9-5-3-7-16(19)11-12-22(20)26-15-17-8-4-6-10-21(17)23/h3-12,18,24-25H,2,13-15H2,1H3/t18-/m0/s1. The van der Waals surface area contributed by atoms with Crippen molar-refractivity contribution in [3.8, 4) is 5.75 Å². The molecule has 0 amide bonds. The van der Waals surface area contributed by atoms with Gasteiger partial charge in [-0.05, 0) is 29.3 Å². The summed E-state index contributed by atoms with van der Waals surface area (Å²) < 4.78 is 19.8. The van der Waals surface area contributed by atoms with E-state index in [1.807, 2.05) is 31.2 Å². The number of aliphatic hydroxyl groups excluding tert-OH is 1. The summed E-state index contributed by atoms with van der Waals surface area (Å²) >= 11 is 0. The molecule has 4 heteroatoms. The van der Waals surface area contributed by atoms with Crippen molar-refractivity contribution in [3.63, 3.8) is 0 Å². The molecular formula is C22H24FNO2. The van der Waals surface area contributed by atoms with Crippen LogP contribution in [0.25, 0.3) is 10.8 Å². The monoisotopic (exact) mass is 353 g/mol. The molecule has 0 aromatic heterocycles. The van der Waals surface area contributed by atoms with E-state index in [-0.39, 0.29) is 25.1 Å². The van der Waals surface area contributed by atoms with Crippen LogP contribution in [0.15, 0.2) is 60.7 Å². The first-order valence-corrected chi connectivity index (χ1v) is 8.94. The van der Waals surface area contributed by atoms with Gasteiger partial charge < -0.3 is 15.2 Å². The lowest BCUT2D eigenvalue weighted by Crippen LogP contribution is -2.31. The van der Waals surface area contributed by atoms with Gasteiger partial charge in [0.05, 0.1) is 6.61 Å². The van der Waals surface area contributed by atoms with E-state index in [4.69, 9.17) is 4.74 Å². The Morgan fingerprint density at radius 3 is 2.58 bits per heavy atom. The molecule has 0 saturated carbocycles. The Kier molecular flexibility index (Phi) is 6.21. The molecular weight excluding hydrogens is 329 g/mol. The van der Waals surface area contributed by atoms with Crippen LogP contribution in [0.4, 0.5) is 4.39 Å². The molecule has 2 N–H and O–H groups in total. The fraction of sp³-hybridized carbons (Fsp3) is 0.273. The molecule has 0 spiro atoms. The number of halogens is 1. The van der Waals surface area contributed by atoms with Crippen molar-refractivity contribution in [2.45, 2.75) is 32.5 Å². The van der Waals surface area contributed by atoms with E-state index in [9.17, 15) is 9.50 Å². The van der Waals surface area contributed by atoms with Gasteiger partial charge in [-0.15, -0.1) is 0 Å². The van der Waals surface area contributed by atoms with E-state index < -0.39 is 0 Å². The Labute approximate surface area is 153 Å². The number of nitrogens with one attached hydrogen (secondary N) is 1. The van der Waals surface area contributed by atoms with Crippen molar-refractivity contribution in [1.82, 2.24) is 5.32 Å². The first-order chi connectivity index (χ1) is 12.7. The minimum absolute atomic E-state index is 0.0355. The Bertz CT molecular complexity index is 862. The third-order valence-corrected chi connectivity index (χ3v) is 4.62. The molecule has 136 valence electrons. The van der Waals surface area contributed by atoms with Crippen molar-refractivity contribution in [1.29, 1.82) is 0 Å². The van der Waals surface area contributed by atoms with Gasteiger partial charge in [0.25, 0.3) is 0 Å². The van der Waals surface area contributed by atoms with Crippen molar-refractivity contribution in [3.05, 3.63) is 77.6 Å². The lowest BCUT2D eigenvalue weighted by atomic mass is 10.0. The molecule has 0 saturated heterocycles. The van der Waals surface area contributed by atoms with Gasteiger partial charge in [-0.1, -0.05) is 55.5 Å². The Morgan fingerprint density at radius 1 is 1.04 bits per heavy atom. The van der Waals surface area contributed by atoms with Crippen molar-refractivity contribution in [2.24, 2.45) is 0 Å². The van der Waals surface area contributed by atoms with Crippen LogP contribution in [0.1, 0.15) is 24.5 Å². The highest BCUT2D eigenvalue weighted by Gasteiger charge is 2.12. The van der Waals surface area contributed by atoms with Crippen LogP contribution in [0.3, 0.4) is 0 Å². The van der Waals surface area contributed by atoms with Crippen molar-refractivity contribution in [2.75, 3.05) is 6.61 Å². The topological polar surface area (TPSA) is 41.5 Å². The number of fused-ring (bicyclic) bond motifs is 1. The molecule has 0 aliphatic heterocycles. The van der Waals surface area contributed by atoms with Gasteiger partial charge >= 0.3 is 0 Å². The van der Waals surface area contributed by atoms with Gasteiger partial charge in [0.15, 0.2) is 0 Å². The van der Waals surface area contributed by atoms with Gasteiger partial charge in [-0.3, -0.25) is 0 Å². The lowest BCUT2D eigenvalue weighted by Gasteiger charge is -2.18. The van der Waals surface area contributed by atoms with Crippen molar-refractivity contribution < 1.29 is 14.2 Å². The molecule has 0 fully saturated rings. The van der Waals surface area contributed by atoms with E-state index in [0.717, 1.165) is 28.5 Å². The summed E-state index contributed by atoms with van der Waals surface area (Å²) in [6.45, 7) is 2.88. The second-order valence-electron chi connectivity index (χ2n) is 6.31. The molecule has 3 aromatic rings. The summed E-state index contributed by atoms with van der Waals surface area (Å²) in [4.78, 5) is 0. The molecule has 0 aliphatic carbocycles. The van der Waals surface area contributed by atoms with E-state index in [0.29, 0.717) is 12.1 Å². The highest BCUT2D eigenvalue weighted by molar-refractivity contribution is 5.87. The van der Waals surface area contributed by atoms with Crippen LogP contribution < -0.4 is 10.1 Å². The Balaban J connectivity index is 1.88. The maximum atomic E-state index is 13.9. The SMILES string of the molecule is CC[C@@H](CO)NCc1c(OCc2ccccc2F)ccc2ccccc12. The summed E-state index contributed by atoms with van der Waals surface area (Å²) in [5.74, 6) is 0.464. The fourth-order valence-electron chi connectivity index (χ4n) is 2.99. The van der Waals surface area contributed by atoms with E-state index in [1.54, 1.807) is 18.2 Å². The maximum Gasteiger partial charge on any atom is 0.129 e. The third kappa shape index (κ3) is 4.21. The molecule has 3 aromatic carbocycles. The molecule has 0 unspecified atom stereocenters. The zero-order valence-corrected chi connectivity index (χ0v) is 14.9. The zero-order valence-electron chi connectivity index (χ0n) is 14.9. The van der Waals surface area contributed by atoms with E-state index in [1.165, 1.54) is 6.07 Å². The summed E-state index contributed by atoms with van der Waals surface area (Å²) in [7, 11) is 0.